The molecule has 170 valence electrons. The zero-order valence-corrected chi connectivity index (χ0v) is 24.6. The van der Waals surface area contributed by atoms with Gasteiger partial charge in [0, 0.05) is 0 Å². The predicted molar refractivity (Wildman–Crippen MR) is 128 cm³/mol. The monoisotopic (exact) mass is 543 g/mol. The van der Waals surface area contributed by atoms with Gasteiger partial charge in [-0.3, -0.25) is 0 Å². The van der Waals surface area contributed by atoms with Crippen molar-refractivity contribution in [1.82, 2.24) is 0 Å². The fraction of sp³-hybridized carbons (Fsp3) is 0.414. The van der Waals surface area contributed by atoms with Gasteiger partial charge in [-0.2, -0.15) is 17.7 Å². The van der Waals surface area contributed by atoms with Gasteiger partial charge in [-0.25, -0.2) is 0 Å². The van der Waals surface area contributed by atoms with E-state index >= 15 is 0 Å². The first-order valence-electron chi connectivity index (χ1n) is 10.9. The largest absolute Gasteiger partial charge is 1.00 e. The molecule has 1 atom stereocenters. The minimum atomic E-state index is -0.138. The van der Waals surface area contributed by atoms with Crippen molar-refractivity contribution in [2.45, 2.75) is 67.2 Å². The molecule has 0 saturated carbocycles. The standard InChI is InChI=1S/C26H29.C3H6.2ClH.Zr/c1-24(2,3)21-11-12-22-18(16-21)15-19-17-26(25(4,5)6,14-13-23(19)22)20-9-7-8-10-20;1-3-2;;;/h7-9,11-16H,10H2,1-6H3;1-2H3;2*1H;/q-1;;;;+2/p-2. The van der Waals surface area contributed by atoms with E-state index in [0.717, 1.165) is 6.42 Å². The average Bonchev–Trinajstić information content (AvgIpc) is 3.26. The molecule has 0 aliphatic heterocycles. The Hall–Kier alpha value is -0.747. The van der Waals surface area contributed by atoms with Crippen LogP contribution in [0.2, 0.25) is 0 Å². The van der Waals surface area contributed by atoms with E-state index in [4.69, 9.17) is 0 Å². The minimum absolute atomic E-state index is 0. The molecule has 4 rings (SSSR count). The van der Waals surface area contributed by atoms with E-state index in [-0.39, 0.29) is 41.1 Å². The van der Waals surface area contributed by atoms with E-state index < -0.39 is 0 Å². The molecule has 0 amide bonds. The number of hydrogen-bond donors (Lipinski definition) is 0. The second-order valence-electron chi connectivity index (χ2n) is 10.9. The van der Waals surface area contributed by atoms with Crippen LogP contribution in [0.5, 0.6) is 0 Å². The number of halogens is 2. The second-order valence-corrected chi connectivity index (χ2v) is 13.3. The van der Waals surface area contributed by atoms with Crippen LogP contribution >= 0.6 is 0 Å². The Bertz CT molecular complexity index is 1110. The summed E-state index contributed by atoms with van der Waals surface area (Å²) in [5.74, 6) is 0. The fourth-order valence-electron chi connectivity index (χ4n) is 4.36. The maximum atomic E-state index is 3.94. The van der Waals surface area contributed by atoms with Gasteiger partial charge in [0.1, 0.15) is 0 Å². The maximum absolute atomic E-state index is 3.94. The first-order chi connectivity index (χ1) is 13.8. The maximum Gasteiger partial charge on any atom is -1.00 e. The summed E-state index contributed by atoms with van der Waals surface area (Å²) in [6.07, 6.45) is 18.8. The zero-order valence-electron chi connectivity index (χ0n) is 20.7. The van der Waals surface area contributed by atoms with Crippen molar-refractivity contribution >= 4 is 14.9 Å². The normalized spacial score (nSPS) is 20.5. The fourth-order valence-corrected chi connectivity index (χ4v) is 4.36. The van der Waals surface area contributed by atoms with E-state index in [9.17, 15) is 0 Å². The summed E-state index contributed by atoms with van der Waals surface area (Å²) in [7, 11) is 0. The van der Waals surface area contributed by atoms with Gasteiger partial charge in [0.25, 0.3) is 0 Å². The molecular formula is C29H35Cl2Zr-. The summed E-state index contributed by atoms with van der Waals surface area (Å²) in [5, 5.41) is 2.68. The molecule has 0 fully saturated rings. The Kier molecular flexibility index (Phi) is 9.77. The summed E-state index contributed by atoms with van der Waals surface area (Å²) in [5.41, 5.74) is 5.54. The second kappa shape index (κ2) is 10.7. The number of hydrogen-bond acceptors (Lipinski definition) is 0. The molecular weight excluding hydrogens is 510 g/mol. The van der Waals surface area contributed by atoms with Crippen molar-refractivity contribution < 1.29 is 49.0 Å². The molecule has 3 aliphatic rings. The van der Waals surface area contributed by atoms with Crippen LogP contribution in [0.15, 0.2) is 59.7 Å². The third kappa shape index (κ3) is 5.84. The van der Waals surface area contributed by atoms with Crippen molar-refractivity contribution in [3.05, 3.63) is 81.8 Å². The average molecular weight is 546 g/mol. The van der Waals surface area contributed by atoms with Gasteiger partial charge in [0.05, 0.1) is 0 Å². The molecule has 0 nitrogen and oxygen atoms in total. The predicted octanol–water partition coefficient (Wildman–Crippen LogP) is -0.0995. The molecule has 0 radical (unpaired) electrons. The van der Waals surface area contributed by atoms with Gasteiger partial charge in [0.2, 0.25) is 0 Å². The summed E-state index contributed by atoms with van der Waals surface area (Å²) in [4.78, 5) is 0. The number of allylic oxidation sites excluding steroid dienone is 8. The van der Waals surface area contributed by atoms with E-state index in [1.165, 1.54) is 35.9 Å². The zero-order chi connectivity index (χ0) is 22.3. The minimum Gasteiger partial charge on any atom is -1.00 e. The van der Waals surface area contributed by atoms with Gasteiger partial charge in [-0.15, -0.1) is 11.6 Å². The van der Waals surface area contributed by atoms with Crippen LogP contribution in [0.4, 0.5) is 0 Å². The third-order valence-corrected chi connectivity index (χ3v) is 6.09. The van der Waals surface area contributed by atoms with Gasteiger partial charge in [0.15, 0.2) is 0 Å². The number of fused-ring (bicyclic) bond motifs is 2. The molecule has 1 unspecified atom stereocenters. The van der Waals surface area contributed by atoms with Crippen molar-refractivity contribution in [2.75, 3.05) is 0 Å². The molecule has 0 N–H and O–H groups in total. The molecule has 0 heterocycles. The van der Waals surface area contributed by atoms with Crippen molar-refractivity contribution in [1.29, 1.82) is 0 Å². The Morgan fingerprint density at radius 1 is 1.03 bits per heavy atom. The first kappa shape index (κ1) is 29.3. The van der Waals surface area contributed by atoms with Crippen LogP contribution in [-0.4, -0.2) is 3.21 Å². The van der Waals surface area contributed by atoms with Crippen LogP contribution in [0.1, 0.15) is 67.4 Å². The van der Waals surface area contributed by atoms with E-state index in [2.05, 4.69) is 116 Å². The van der Waals surface area contributed by atoms with Gasteiger partial charge in [-0.05, 0) is 28.2 Å². The third-order valence-electron chi connectivity index (χ3n) is 6.09. The molecule has 0 bridgehead atoms. The Morgan fingerprint density at radius 3 is 2.16 bits per heavy atom. The topological polar surface area (TPSA) is 0 Å². The smallest absolute Gasteiger partial charge is 1.00 e. The Balaban J connectivity index is 0.000000790. The number of benzene rings is 1. The molecule has 3 heteroatoms. The van der Waals surface area contributed by atoms with Crippen LogP contribution in [-0.2, 0) is 29.7 Å². The molecule has 0 spiro atoms. The Morgan fingerprint density at radius 2 is 1.66 bits per heavy atom. The van der Waals surface area contributed by atoms with Crippen molar-refractivity contribution in [2.24, 2.45) is 10.8 Å². The molecule has 0 aromatic heterocycles. The van der Waals surface area contributed by atoms with E-state index in [1.807, 2.05) is 0 Å². The van der Waals surface area contributed by atoms with Gasteiger partial charge >= 0.3 is 41.3 Å². The van der Waals surface area contributed by atoms with Gasteiger partial charge < -0.3 is 24.8 Å². The summed E-state index contributed by atoms with van der Waals surface area (Å²) in [6.45, 7) is 18.1. The van der Waals surface area contributed by atoms with Crippen LogP contribution < -0.4 is 35.3 Å². The quantitative estimate of drug-likeness (QED) is 0.433. The van der Waals surface area contributed by atoms with Crippen LogP contribution in [0.3, 0.4) is 0 Å². The van der Waals surface area contributed by atoms with Gasteiger partial charge in [-0.1, -0.05) is 100 Å². The van der Waals surface area contributed by atoms with Crippen molar-refractivity contribution in [3.8, 4) is 0 Å². The Labute approximate surface area is 222 Å². The van der Waals surface area contributed by atoms with Crippen LogP contribution in [0, 0.1) is 16.9 Å². The molecule has 1 aromatic rings. The number of rotatable bonds is 1. The van der Waals surface area contributed by atoms with Crippen molar-refractivity contribution in [3.63, 3.8) is 0 Å². The summed E-state index contributed by atoms with van der Waals surface area (Å²) < 4.78 is 1.51. The molecule has 1 aromatic carbocycles. The molecule has 32 heavy (non-hydrogen) atoms. The molecule has 3 aliphatic carbocycles. The van der Waals surface area contributed by atoms with E-state index in [1.54, 1.807) is 24.2 Å². The van der Waals surface area contributed by atoms with E-state index in [0.29, 0.717) is 0 Å². The molecule has 0 saturated heterocycles. The first-order valence-corrected chi connectivity index (χ1v) is 12.2. The van der Waals surface area contributed by atoms with Crippen LogP contribution in [0.25, 0.3) is 11.6 Å². The SMILES string of the molecule is CC(C)(C)c1ccc2c(c1)=CC1=[C-]C(C3=CC=CC3)(C(C)(C)C)C=CC=21.C[C](C)=[Zr+2].[Cl-].[Cl-]. The summed E-state index contributed by atoms with van der Waals surface area (Å²) >= 11 is 1.55. The summed E-state index contributed by atoms with van der Waals surface area (Å²) in [6, 6.07) is 6.94.